The number of carbonyl (C=O) groups excluding carboxylic acids is 1. The number of carbonyl (C=O) groups is 1. The molecule has 14 heavy (non-hydrogen) atoms. The Morgan fingerprint density at radius 3 is 2.57 bits per heavy atom. The van der Waals surface area contributed by atoms with Crippen LogP contribution in [0.5, 0.6) is 0 Å². The standard InChI is InChI=1S/C10H19NO3/c1-10(2,3)14-9(12)11-7-5-6-8-13-4/h6,8H,5,7H2,1-4H3,(H,11,12)/b8-6+. The number of amides is 1. The van der Waals surface area contributed by atoms with Crippen molar-refractivity contribution in [1.29, 1.82) is 0 Å². The quantitative estimate of drug-likeness (QED) is 0.559. The van der Waals surface area contributed by atoms with Gasteiger partial charge in [0, 0.05) is 6.54 Å². The predicted octanol–water partition coefficient (Wildman–Crippen LogP) is 2.06. The molecule has 0 bridgehead atoms. The maximum absolute atomic E-state index is 11.1. The van der Waals surface area contributed by atoms with E-state index in [0.717, 1.165) is 6.42 Å². The van der Waals surface area contributed by atoms with Gasteiger partial charge in [0.05, 0.1) is 13.4 Å². The van der Waals surface area contributed by atoms with Gasteiger partial charge in [0.25, 0.3) is 0 Å². The van der Waals surface area contributed by atoms with E-state index in [4.69, 9.17) is 9.47 Å². The Morgan fingerprint density at radius 2 is 2.07 bits per heavy atom. The lowest BCUT2D eigenvalue weighted by molar-refractivity contribution is 0.0529. The number of rotatable bonds is 4. The first-order valence-corrected chi connectivity index (χ1v) is 4.60. The summed E-state index contributed by atoms with van der Waals surface area (Å²) in [7, 11) is 1.58. The lowest BCUT2D eigenvalue weighted by Gasteiger charge is -2.19. The highest BCUT2D eigenvalue weighted by Gasteiger charge is 2.14. The summed E-state index contributed by atoms with van der Waals surface area (Å²) in [6.45, 7) is 6.04. The minimum Gasteiger partial charge on any atom is -0.505 e. The van der Waals surface area contributed by atoms with Crippen molar-refractivity contribution in [2.24, 2.45) is 0 Å². The van der Waals surface area contributed by atoms with Crippen LogP contribution in [0.3, 0.4) is 0 Å². The Morgan fingerprint density at radius 1 is 1.43 bits per heavy atom. The minimum absolute atomic E-state index is 0.386. The van der Waals surface area contributed by atoms with Crippen molar-refractivity contribution in [3.8, 4) is 0 Å². The van der Waals surface area contributed by atoms with E-state index < -0.39 is 5.60 Å². The van der Waals surface area contributed by atoms with Crippen molar-refractivity contribution >= 4 is 6.09 Å². The van der Waals surface area contributed by atoms with Crippen LogP contribution < -0.4 is 5.32 Å². The number of hydrogen-bond donors (Lipinski definition) is 1. The zero-order chi connectivity index (χ0) is 11.0. The number of ether oxygens (including phenoxy) is 2. The smallest absolute Gasteiger partial charge is 0.407 e. The van der Waals surface area contributed by atoms with Crippen molar-refractivity contribution in [3.05, 3.63) is 12.3 Å². The van der Waals surface area contributed by atoms with Crippen LogP contribution in [0.1, 0.15) is 27.2 Å². The first-order valence-electron chi connectivity index (χ1n) is 4.60. The average Bonchev–Trinajstić information content (AvgIpc) is 2.00. The van der Waals surface area contributed by atoms with E-state index in [-0.39, 0.29) is 6.09 Å². The molecule has 0 aromatic rings. The zero-order valence-electron chi connectivity index (χ0n) is 9.29. The van der Waals surface area contributed by atoms with Crippen LogP contribution in [0, 0.1) is 0 Å². The van der Waals surface area contributed by atoms with Crippen molar-refractivity contribution < 1.29 is 14.3 Å². The average molecular weight is 201 g/mol. The molecule has 0 aliphatic carbocycles. The summed E-state index contributed by atoms with van der Waals surface area (Å²) in [5.74, 6) is 0. The van der Waals surface area contributed by atoms with Crippen molar-refractivity contribution in [1.82, 2.24) is 5.32 Å². The molecule has 4 heteroatoms. The molecule has 0 spiro atoms. The van der Waals surface area contributed by atoms with Crippen LogP contribution >= 0.6 is 0 Å². The van der Waals surface area contributed by atoms with Crippen molar-refractivity contribution in [2.75, 3.05) is 13.7 Å². The summed E-state index contributed by atoms with van der Waals surface area (Å²) in [4.78, 5) is 11.1. The molecule has 0 rings (SSSR count). The van der Waals surface area contributed by atoms with Gasteiger partial charge in [0.1, 0.15) is 5.60 Å². The fourth-order valence-corrected chi connectivity index (χ4v) is 0.736. The van der Waals surface area contributed by atoms with E-state index in [9.17, 15) is 4.79 Å². The molecule has 82 valence electrons. The van der Waals surface area contributed by atoms with E-state index >= 15 is 0 Å². The van der Waals surface area contributed by atoms with Crippen LogP contribution in [0.2, 0.25) is 0 Å². The SMILES string of the molecule is CO/C=C/CCNC(=O)OC(C)(C)C. The van der Waals surface area contributed by atoms with Crippen molar-refractivity contribution in [2.45, 2.75) is 32.8 Å². The Kier molecular flexibility index (Phi) is 5.76. The molecule has 4 nitrogen and oxygen atoms in total. The van der Waals surface area contributed by atoms with Crippen LogP contribution in [0.15, 0.2) is 12.3 Å². The van der Waals surface area contributed by atoms with Crippen molar-refractivity contribution in [3.63, 3.8) is 0 Å². The Balaban J connectivity index is 3.50. The van der Waals surface area contributed by atoms with Crippen LogP contribution in [0.25, 0.3) is 0 Å². The monoisotopic (exact) mass is 201 g/mol. The molecule has 0 radical (unpaired) electrons. The van der Waals surface area contributed by atoms with E-state index in [0.29, 0.717) is 6.54 Å². The molecular formula is C10H19NO3. The van der Waals surface area contributed by atoms with Gasteiger partial charge in [-0.15, -0.1) is 0 Å². The normalized spacial score (nSPS) is 11.4. The molecule has 0 atom stereocenters. The first kappa shape index (κ1) is 12.8. The molecular weight excluding hydrogens is 182 g/mol. The fourth-order valence-electron chi connectivity index (χ4n) is 0.736. The van der Waals surface area contributed by atoms with Gasteiger partial charge in [-0.25, -0.2) is 4.79 Å². The second kappa shape index (κ2) is 6.29. The predicted molar refractivity (Wildman–Crippen MR) is 55.0 cm³/mol. The van der Waals surface area contributed by atoms with E-state index in [1.54, 1.807) is 13.4 Å². The first-order chi connectivity index (χ1) is 6.45. The summed E-state index contributed by atoms with van der Waals surface area (Å²) in [5, 5.41) is 2.63. The van der Waals surface area contributed by atoms with E-state index in [1.807, 2.05) is 26.8 Å². The second-order valence-corrected chi connectivity index (χ2v) is 3.82. The van der Waals surface area contributed by atoms with Gasteiger partial charge in [-0.1, -0.05) is 0 Å². The molecule has 0 saturated carbocycles. The number of methoxy groups -OCH3 is 1. The molecule has 0 aromatic heterocycles. The Hall–Kier alpha value is -1.19. The van der Waals surface area contributed by atoms with E-state index in [2.05, 4.69) is 5.32 Å². The number of alkyl carbamates (subject to hydrolysis) is 1. The van der Waals surface area contributed by atoms with Crippen LogP contribution in [0.4, 0.5) is 4.79 Å². The number of nitrogens with one attached hydrogen (secondary N) is 1. The third-order valence-corrected chi connectivity index (χ3v) is 1.21. The zero-order valence-corrected chi connectivity index (χ0v) is 9.29. The van der Waals surface area contributed by atoms with Crippen LogP contribution in [-0.2, 0) is 9.47 Å². The molecule has 1 N–H and O–H groups in total. The highest BCUT2D eigenvalue weighted by atomic mass is 16.6. The largest absolute Gasteiger partial charge is 0.505 e. The van der Waals surface area contributed by atoms with Gasteiger partial charge >= 0.3 is 6.09 Å². The molecule has 0 aliphatic rings. The fraction of sp³-hybridized carbons (Fsp3) is 0.700. The molecule has 0 aliphatic heterocycles. The number of hydrogen-bond acceptors (Lipinski definition) is 3. The van der Waals surface area contributed by atoms with Gasteiger partial charge in [-0.05, 0) is 33.3 Å². The molecule has 0 unspecified atom stereocenters. The van der Waals surface area contributed by atoms with Crippen LogP contribution in [-0.4, -0.2) is 25.3 Å². The molecule has 0 aromatic carbocycles. The topological polar surface area (TPSA) is 47.6 Å². The summed E-state index contributed by atoms with van der Waals surface area (Å²) < 4.78 is 9.74. The molecule has 0 saturated heterocycles. The van der Waals surface area contributed by atoms with E-state index in [1.165, 1.54) is 0 Å². The lowest BCUT2D eigenvalue weighted by Crippen LogP contribution is -2.32. The van der Waals surface area contributed by atoms with Gasteiger partial charge in [-0.2, -0.15) is 0 Å². The Labute approximate surface area is 85.3 Å². The molecule has 0 fully saturated rings. The summed E-state index contributed by atoms with van der Waals surface area (Å²) in [6.07, 6.45) is 3.75. The Bertz CT molecular complexity index is 194. The van der Waals surface area contributed by atoms with Gasteiger partial charge in [0.15, 0.2) is 0 Å². The summed E-state index contributed by atoms with van der Waals surface area (Å²) >= 11 is 0. The highest BCUT2D eigenvalue weighted by molar-refractivity contribution is 5.67. The van der Waals surface area contributed by atoms with Gasteiger partial charge in [-0.3, -0.25) is 0 Å². The second-order valence-electron chi connectivity index (χ2n) is 3.82. The maximum atomic E-state index is 11.1. The molecule has 0 heterocycles. The molecule has 1 amide bonds. The van der Waals surface area contributed by atoms with Gasteiger partial charge < -0.3 is 14.8 Å². The minimum atomic E-state index is -0.438. The summed E-state index contributed by atoms with van der Waals surface area (Å²) in [5.41, 5.74) is -0.438. The maximum Gasteiger partial charge on any atom is 0.407 e. The third kappa shape index (κ3) is 8.90. The third-order valence-electron chi connectivity index (χ3n) is 1.21. The van der Waals surface area contributed by atoms with Gasteiger partial charge in [0.2, 0.25) is 0 Å². The lowest BCUT2D eigenvalue weighted by atomic mass is 10.2. The summed E-state index contributed by atoms with van der Waals surface area (Å²) in [6, 6.07) is 0. The highest BCUT2D eigenvalue weighted by Crippen LogP contribution is 2.06.